The molecular weight excluding hydrogens is 342 g/mol. The highest BCUT2D eigenvalue weighted by molar-refractivity contribution is 5.83. The van der Waals surface area contributed by atoms with Crippen LogP contribution in [0.25, 0.3) is 10.8 Å². The standard InChI is InChI=1S/C22H27NO4/c1-5-8-20(19(14-24)23-21(25)27-22(2,3)4)26-15-16-11-12-17-9-6-7-10-18(17)13-16/h5-14,19-20H,15H2,1-4H3,(H,23,25)/b8-5+/t19-,20-/m0/s1. The van der Waals surface area contributed by atoms with Crippen LogP contribution in [0.3, 0.4) is 0 Å². The third-order valence-electron chi connectivity index (χ3n) is 3.82. The molecule has 0 saturated carbocycles. The summed E-state index contributed by atoms with van der Waals surface area (Å²) in [7, 11) is 0. The lowest BCUT2D eigenvalue weighted by atomic mass is 10.1. The van der Waals surface area contributed by atoms with Crippen LogP contribution in [0.5, 0.6) is 0 Å². The molecule has 0 aliphatic heterocycles. The van der Waals surface area contributed by atoms with Crippen LogP contribution in [0.15, 0.2) is 54.6 Å². The van der Waals surface area contributed by atoms with E-state index < -0.39 is 23.8 Å². The Labute approximate surface area is 160 Å². The minimum Gasteiger partial charge on any atom is -0.444 e. The molecule has 144 valence electrons. The molecule has 27 heavy (non-hydrogen) atoms. The van der Waals surface area contributed by atoms with Gasteiger partial charge in [0.15, 0.2) is 0 Å². The van der Waals surface area contributed by atoms with Gasteiger partial charge in [-0.25, -0.2) is 4.79 Å². The summed E-state index contributed by atoms with van der Waals surface area (Å²) in [4.78, 5) is 23.5. The van der Waals surface area contributed by atoms with Gasteiger partial charge in [-0.05, 0) is 50.1 Å². The van der Waals surface area contributed by atoms with E-state index in [0.717, 1.165) is 16.3 Å². The van der Waals surface area contributed by atoms with E-state index in [9.17, 15) is 9.59 Å². The van der Waals surface area contributed by atoms with Gasteiger partial charge in [0, 0.05) is 0 Å². The number of ether oxygens (including phenoxy) is 2. The van der Waals surface area contributed by atoms with Gasteiger partial charge in [0.2, 0.25) is 0 Å². The smallest absolute Gasteiger partial charge is 0.408 e. The van der Waals surface area contributed by atoms with Crippen molar-refractivity contribution in [2.75, 3.05) is 0 Å². The molecule has 2 rings (SSSR count). The van der Waals surface area contributed by atoms with Gasteiger partial charge < -0.3 is 19.6 Å². The minimum atomic E-state index is -0.837. The molecule has 0 spiro atoms. The van der Waals surface area contributed by atoms with Crippen molar-refractivity contribution in [3.63, 3.8) is 0 Å². The third-order valence-corrected chi connectivity index (χ3v) is 3.82. The Bertz CT molecular complexity index is 807. The molecule has 5 nitrogen and oxygen atoms in total. The van der Waals surface area contributed by atoms with Gasteiger partial charge in [-0.3, -0.25) is 0 Å². The SMILES string of the molecule is C/C=C/[C@H](OCc1ccc2ccccc2c1)[C@H](C=O)NC(=O)OC(C)(C)C. The van der Waals surface area contributed by atoms with E-state index in [-0.39, 0.29) is 0 Å². The van der Waals surface area contributed by atoms with E-state index in [1.807, 2.05) is 37.3 Å². The zero-order valence-electron chi connectivity index (χ0n) is 16.3. The molecule has 0 bridgehead atoms. The number of hydrogen-bond donors (Lipinski definition) is 1. The molecular formula is C22H27NO4. The molecule has 1 amide bonds. The fraction of sp³-hybridized carbons (Fsp3) is 0.364. The molecule has 1 N–H and O–H groups in total. The zero-order chi connectivity index (χ0) is 19.9. The van der Waals surface area contributed by atoms with Crippen LogP contribution in [0, 0.1) is 0 Å². The lowest BCUT2D eigenvalue weighted by molar-refractivity contribution is -0.112. The van der Waals surface area contributed by atoms with Gasteiger partial charge in [0.25, 0.3) is 0 Å². The van der Waals surface area contributed by atoms with Crippen LogP contribution in [0.4, 0.5) is 4.79 Å². The number of rotatable bonds is 7. The van der Waals surface area contributed by atoms with Crippen LogP contribution in [0.2, 0.25) is 0 Å². The average Bonchev–Trinajstić information content (AvgIpc) is 2.61. The maximum absolute atomic E-state index is 12.0. The number of allylic oxidation sites excluding steroid dienone is 1. The van der Waals surface area contributed by atoms with Crippen LogP contribution in [-0.2, 0) is 20.9 Å². The van der Waals surface area contributed by atoms with Crippen LogP contribution >= 0.6 is 0 Å². The quantitative estimate of drug-likeness (QED) is 0.581. The van der Waals surface area contributed by atoms with Crippen molar-refractivity contribution in [1.29, 1.82) is 0 Å². The van der Waals surface area contributed by atoms with Gasteiger partial charge >= 0.3 is 6.09 Å². The van der Waals surface area contributed by atoms with Gasteiger partial charge in [0.05, 0.1) is 6.61 Å². The van der Waals surface area contributed by atoms with Gasteiger partial charge in [-0.2, -0.15) is 0 Å². The van der Waals surface area contributed by atoms with Crippen LogP contribution < -0.4 is 5.32 Å². The Morgan fingerprint density at radius 1 is 1.15 bits per heavy atom. The van der Waals surface area contributed by atoms with Gasteiger partial charge in [-0.15, -0.1) is 0 Å². The predicted molar refractivity (Wildman–Crippen MR) is 107 cm³/mol. The first-order valence-corrected chi connectivity index (χ1v) is 8.99. The lowest BCUT2D eigenvalue weighted by Crippen LogP contribution is -2.46. The van der Waals surface area contributed by atoms with E-state index in [2.05, 4.69) is 17.4 Å². The number of nitrogens with one attached hydrogen (secondary N) is 1. The molecule has 2 aromatic rings. The van der Waals surface area contributed by atoms with Crippen molar-refractivity contribution < 1.29 is 19.1 Å². The molecule has 0 aliphatic carbocycles. The molecule has 0 radical (unpaired) electrons. The Kier molecular flexibility index (Phi) is 7.13. The zero-order valence-corrected chi connectivity index (χ0v) is 16.3. The van der Waals surface area contributed by atoms with Gasteiger partial charge in [0.1, 0.15) is 24.0 Å². The van der Waals surface area contributed by atoms with E-state index in [4.69, 9.17) is 9.47 Å². The molecule has 5 heteroatoms. The molecule has 0 heterocycles. The lowest BCUT2D eigenvalue weighted by Gasteiger charge is -2.25. The van der Waals surface area contributed by atoms with Crippen LogP contribution in [0.1, 0.15) is 33.3 Å². The first kappa shape index (κ1) is 20.6. The fourth-order valence-corrected chi connectivity index (χ4v) is 2.63. The number of fused-ring (bicyclic) bond motifs is 1. The van der Waals surface area contributed by atoms with Crippen molar-refractivity contribution in [2.24, 2.45) is 0 Å². The van der Waals surface area contributed by atoms with Crippen molar-refractivity contribution in [1.82, 2.24) is 5.32 Å². The number of amides is 1. The number of hydrogen-bond acceptors (Lipinski definition) is 4. The normalized spacial score (nSPS) is 14.1. The molecule has 0 fully saturated rings. The summed E-state index contributed by atoms with van der Waals surface area (Å²) in [6.07, 6.45) is 2.96. The Hall–Kier alpha value is -2.66. The maximum atomic E-state index is 12.0. The minimum absolute atomic E-state index is 0.320. The van der Waals surface area contributed by atoms with E-state index in [1.54, 1.807) is 32.9 Å². The summed E-state index contributed by atoms with van der Waals surface area (Å²) in [6, 6.07) is 13.3. The summed E-state index contributed by atoms with van der Waals surface area (Å²) in [5, 5.41) is 4.85. The van der Waals surface area contributed by atoms with Crippen LogP contribution in [-0.4, -0.2) is 30.1 Å². The van der Waals surface area contributed by atoms with E-state index in [0.29, 0.717) is 12.9 Å². The van der Waals surface area contributed by atoms with Gasteiger partial charge in [-0.1, -0.05) is 48.6 Å². The van der Waals surface area contributed by atoms with E-state index in [1.165, 1.54) is 0 Å². The summed E-state index contributed by atoms with van der Waals surface area (Å²) in [5.74, 6) is 0. The highest BCUT2D eigenvalue weighted by Gasteiger charge is 2.24. The summed E-state index contributed by atoms with van der Waals surface area (Å²) < 4.78 is 11.1. The number of carbonyl (C=O) groups excluding carboxylic acids is 2. The van der Waals surface area contributed by atoms with Crippen molar-refractivity contribution in [2.45, 2.75) is 52.0 Å². The highest BCUT2D eigenvalue weighted by Crippen LogP contribution is 2.17. The summed E-state index contributed by atoms with van der Waals surface area (Å²) in [5.41, 5.74) is 0.352. The highest BCUT2D eigenvalue weighted by atomic mass is 16.6. The molecule has 0 unspecified atom stereocenters. The van der Waals surface area contributed by atoms with Crippen molar-refractivity contribution in [3.8, 4) is 0 Å². The second-order valence-electron chi connectivity index (χ2n) is 7.29. The largest absolute Gasteiger partial charge is 0.444 e. The molecule has 2 aromatic carbocycles. The number of alkyl carbamates (subject to hydrolysis) is 1. The molecule has 0 saturated heterocycles. The average molecular weight is 369 g/mol. The Morgan fingerprint density at radius 2 is 1.85 bits per heavy atom. The third kappa shape index (κ3) is 6.53. The summed E-state index contributed by atoms with van der Waals surface area (Å²) in [6.45, 7) is 7.45. The number of benzene rings is 2. The first-order valence-electron chi connectivity index (χ1n) is 8.99. The van der Waals surface area contributed by atoms with E-state index >= 15 is 0 Å². The first-order chi connectivity index (χ1) is 12.8. The maximum Gasteiger partial charge on any atom is 0.408 e. The van der Waals surface area contributed by atoms with Crippen molar-refractivity contribution in [3.05, 3.63) is 60.2 Å². The summed E-state index contributed by atoms with van der Waals surface area (Å²) >= 11 is 0. The fourth-order valence-electron chi connectivity index (χ4n) is 2.63. The number of aldehydes is 1. The monoisotopic (exact) mass is 369 g/mol. The van der Waals surface area contributed by atoms with Crippen molar-refractivity contribution >= 4 is 23.2 Å². The number of carbonyl (C=O) groups is 2. The molecule has 2 atom stereocenters. The topological polar surface area (TPSA) is 64.6 Å². The Morgan fingerprint density at radius 3 is 2.48 bits per heavy atom. The molecule has 0 aliphatic rings. The second-order valence-corrected chi connectivity index (χ2v) is 7.29. The second kappa shape index (κ2) is 9.33. The molecule has 0 aromatic heterocycles. The Balaban J connectivity index is 2.05. The predicted octanol–water partition coefficient (Wildman–Crippen LogP) is 4.39.